The third-order valence-corrected chi connectivity index (χ3v) is 6.16. The Labute approximate surface area is 111 Å². The molecule has 4 unspecified atom stereocenters. The molecule has 3 aliphatic carbocycles. The topological polar surface area (TPSA) is 28.0 Å². The van der Waals surface area contributed by atoms with E-state index in [0.29, 0.717) is 23.4 Å². The molecule has 3 heteroatoms. The molecule has 0 radical (unpaired) electrons. The zero-order valence-electron chi connectivity index (χ0n) is 12.6. The minimum Gasteiger partial charge on any atom is -0.271 e. The molecule has 4 aliphatic rings. The molecule has 3 fully saturated rings. The fourth-order valence-corrected chi connectivity index (χ4v) is 4.90. The van der Waals surface area contributed by atoms with Gasteiger partial charge in [-0.1, -0.05) is 32.9 Å². The molecule has 0 aromatic heterocycles. The SMILES string of the molecule is CC(C)N1N=NC2(C(C)C)C1CC1CC2C1(C)C. The Morgan fingerprint density at radius 3 is 2.28 bits per heavy atom. The van der Waals surface area contributed by atoms with E-state index >= 15 is 0 Å². The number of hydrogen-bond donors (Lipinski definition) is 0. The van der Waals surface area contributed by atoms with Crippen LogP contribution < -0.4 is 0 Å². The minimum atomic E-state index is 0.0858. The fraction of sp³-hybridized carbons (Fsp3) is 1.00. The summed E-state index contributed by atoms with van der Waals surface area (Å²) in [6.45, 7) is 14.0. The zero-order chi connectivity index (χ0) is 13.3. The Morgan fingerprint density at radius 2 is 1.78 bits per heavy atom. The van der Waals surface area contributed by atoms with Crippen LogP contribution in [0.5, 0.6) is 0 Å². The van der Waals surface area contributed by atoms with Crippen molar-refractivity contribution >= 4 is 0 Å². The molecule has 18 heavy (non-hydrogen) atoms. The van der Waals surface area contributed by atoms with Crippen molar-refractivity contribution in [1.29, 1.82) is 0 Å². The normalized spacial score (nSPS) is 44.4. The predicted molar refractivity (Wildman–Crippen MR) is 73.2 cm³/mol. The van der Waals surface area contributed by atoms with Gasteiger partial charge in [-0.05, 0) is 49.9 Å². The molecule has 102 valence electrons. The predicted octanol–water partition coefficient (Wildman–Crippen LogP) is 3.91. The molecule has 1 aliphatic heterocycles. The Kier molecular flexibility index (Phi) is 2.41. The molecule has 0 aromatic carbocycles. The molecule has 0 spiro atoms. The quantitative estimate of drug-likeness (QED) is 0.729. The van der Waals surface area contributed by atoms with Crippen molar-refractivity contribution in [2.45, 2.75) is 72.0 Å². The molecular formula is C15H27N3. The van der Waals surface area contributed by atoms with Gasteiger partial charge in [-0.2, -0.15) is 5.11 Å². The first-order valence-corrected chi connectivity index (χ1v) is 7.53. The third kappa shape index (κ3) is 1.21. The lowest BCUT2D eigenvalue weighted by molar-refractivity contribution is -0.157. The van der Waals surface area contributed by atoms with Crippen molar-refractivity contribution in [2.24, 2.45) is 33.5 Å². The maximum absolute atomic E-state index is 4.86. The average Bonchev–Trinajstić information content (AvgIpc) is 2.68. The van der Waals surface area contributed by atoms with E-state index in [-0.39, 0.29) is 5.54 Å². The summed E-state index contributed by atoms with van der Waals surface area (Å²) in [6, 6.07) is 1.02. The molecule has 0 N–H and O–H groups in total. The summed E-state index contributed by atoms with van der Waals surface area (Å²) in [4.78, 5) is 0. The van der Waals surface area contributed by atoms with E-state index in [1.807, 2.05) is 0 Å². The molecule has 4 rings (SSSR count). The van der Waals surface area contributed by atoms with Crippen LogP contribution in [0.2, 0.25) is 0 Å². The van der Waals surface area contributed by atoms with E-state index in [1.165, 1.54) is 12.8 Å². The highest BCUT2D eigenvalue weighted by Gasteiger charge is 2.69. The van der Waals surface area contributed by atoms with E-state index in [0.717, 1.165) is 11.8 Å². The smallest absolute Gasteiger partial charge is 0.111 e. The molecule has 3 saturated carbocycles. The largest absolute Gasteiger partial charge is 0.271 e. The Bertz CT molecular complexity index is 385. The number of nitrogens with zero attached hydrogens (tertiary/aromatic N) is 3. The maximum Gasteiger partial charge on any atom is 0.111 e. The summed E-state index contributed by atoms with van der Waals surface area (Å²) in [5.41, 5.74) is 0.551. The zero-order valence-corrected chi connectivity index (χ0v) is 12.6. The molecule has 1 heterocycles. The first-order valence-electron chi connectivity index (χ1n) is 7.53. The summed E-state index contributed by atoms with van der Waals surface area (Å²) in [7, 11) is 0. The number of hydrogen-bond acceptors (Lipinski definition) is 3. The molecule has 0 aromatic rings. The van der Waals surface area contributed by atoms with Crippen molar-refractivity contribution in [2.75, 3.05) is 0 Å². The van der Waals surface area contributed by atoms with Crippen LogP contribution in [-0.4, -0.2) is 22.6 Å². The van der Waals surface area contributed by atoms with Gasteiger partial charge >= 0.3 is 0 Å². The summed E-state index contributed by atoms with van der Waals surface area (Å²) >= 11 is 0. The van der Waals surface area contributed by atoms with Crippen molar-refractivity contribution in [3.05, 3.63) is 0 Å². The van der Waals surface area contributed by atoms with E-state index in [2.05, 4.69) is 51.8 Å². The van der Waals surface area contributed by atoms with Crippen LogP contribution in [0.3, 0.4) is 0 Å². The van der Waals surface area contributed by atoms with E-state index in [9.17, 15) is 0 Å². The second kappa shape index (κ2) is 3.49. The van der Waals surface area contributed by atoms with Gasteiger partial charge in [0.2, 0.25) is 0 Å². The van der Waals surface area contributed by atoms with Gasteiger partial charge in [0, 0.05) is 6.04 Å². The van der Waals surface area contributed by atoms with Crippen LogP contribution in [0, 0.1) is 23.2 Å². The van der Waals surface area contributed by atoms with Gasteiger partial charge in [-0.25, -0.2) is 0 Å². The molecule has 4 atom stereocenters. The van der Waals surface area contributed by atoms with E-state index in [4.69, 9.17) is 5.11 Å². The lowest BCUT2D eigenvalue weighted by Crippen LogP contribution is -2.70. The van der Waals surface area contributed by atoms with E-state index < -0.39 is 0 Å². The maximum atomic E-state index is 4.86. The molecule has 0 saturated heterocycles. The van der Waals surface area contributed by atoms with Crippen LogP contribution in [0.4, 0.5) is 0 Å². The molecule has 0 amide bonds. The van der Waals surface area contributed by atoms with E-state index in [1.54, 1.807) is 0 Å². The van der Waals surface area contributed by atoms with Crippen LogP contribution in [0.25, 0.3) is 0 Å². The first kappa shape index (κ1) is 12.4. The standard InChI is InChI=1S/C15H27N3/c1-9(2)15-12-7-11(14(12,5)6)8-13(15)18(10(3)4)17-16-15/h9-13H,7-8H2,1-6H3. The third-order valence-electron chi connectivity index (χ3n) is 6.16. The van der Waals surface area contributed by atoms with Crippen LogP contribution in [0.1, 0.15) is 54.4 Å². The Hall–Kier alpha value is -0.600. The van der Waals surface area contributed by atoms with Crippen molar-refractivity contribution < 1.29 is 0 Å². The van der Waals surface area contributed by atoms with Gasteiger partial charge in [0.1, 0.15) is 5.54 Å². The van der Waals surface area contributed by atoms with Gasteiger partial charge in [-0.3, -0.25) is 5.01 Å². The van der Waals surface area contributed by atoms with Crippen LogP contribution in [-0.2, 0) is 0 Å². The first-order chi connectivity index (χ1) is 8.31. The Morgan fingerprint density at radius 1 is 1.11 bits per heavy atom. The van der Waals surface area contributed by atoms with Crippen molar-refractivity contribution in [1.82, 2.24) is 5.01 Å². The second-order valence-corrected chi connectivity index (χ2v) is 7.76. The summed E-state index contributed by atoms with van der Waals surface area (Å²) in [5, 5.41) is 11.7. The summed E-state index contributed by atoms with van der Waals surface area (Å²) < 4.78 is 0. The highest BCUT2D eigenvalue weighted by Crippen LogP contribution is 2.67. The van der Waals surface area contributed by atoms with Gasteiger partial charge < -0.3 is 0 Å². The van der Waals surface area contributed by atoms with Crippen LogP contribution >= 0.6 is 0 Å². The fourth-order valence-electron chi connectivity index (χ4n) is 4.90. The summed E-state index contributed by atoms with van der Waals surface area (Å²) in [6.07, 6.45) is 2.65. The van der Waals surface area contributed by atoms with Crippen molar-refractivity contribution in [3.8, 4) is 0 Å². The lowest BCUT2D eigenvalue weighted by atomic mass is 9.40. The average molecular weight is 249 g/mol. The minimum absolute atomic E-state index is 0.0858. The van der Waals surface area contributed by atoms with Gasteiger partial charge in [0.15, 0.2) is 0 Å². The van der Waals surface area contributed by atoms with Gasteiger partial charge in [-0.15, -0.1) is 0 Å². The highest BCUT2D eigenvalue weighted by molar-refractivity contribution is 5.22. The lowest BCUT2D eigenvalue weighted by Gasteiger charge is -2.66. The van der Waals surface area contributed by atoms with Gasteiger partial charge in [0.25, 0.3) is 0 Å². The summed E-state index contributed by atoms with van der Waals surface area (Å²) in [5.74, 6) is 2.19. The highest BCUT2D eigenvalue weighted by atomic mass is 15.6. The number of rotatable bonds is 2. The monoisotopic (exact) mass is 249 g/mol. The van der Waals surface area contributed by atoms with Crippen molar-refractivity contribution in [3.63, 3.8) is 0 Å². The Balaban J connectivity index is 2.01. The van der Waals surface area contributed by atoms with Gasteiger partial charge in [0.05, 0.1) is 6.04 Å². The molecule has 2 bridgehead atoms. The second-order valence-electron chi connectivity index (χ2n) is 7.76. The molecule has 3 nitrogen and oxygen atoms in total. The van der Waals surface area contributed by atoms with Crippen LogP contribution in [0.15, 0.2) is 10.3 Å². The molecular weight excluding hydrogens is 222 g/mol.